The van der Waals surface area contributed by atoms with Crippen molar-refractivity contribution < 1.29 is 24.2 Å². The van der Waals surface area contributed by atoms with Crippen LogP contribution < -0.4 is 11.5 Å². The summed E-state index contributed by atoms with van der Waals surface area (Å²) in [6, 6.07) is 8.79. The van der Waals surface area contributed by atoms with Gasteiger partial charge in [-0.3, -0.25) is 4.98 Å². The Morgan fingerprint density at radius 1 is 0.786 bits per heavy atom. The van der Waals surface area contributed by atoms with Crippen LogP contribution in [0, 0.1) is 0 Å². The quantitative estimate of drug-likeness (QED) is 0.445. The number of aromatic nitrogens is 3. The van der Waals surface area contributed by atoms with Crippen LogP contribution in [0.5, 0.6) is 0 Å². The lowest BCUT2D eigenvalue weighted by Crippen LogP contribution is -2.13. The number of esters is 2. The zero-order chi connectivity index (χ0) is 20.5. The van der Waals surface area contributed by atoms with E-state index in [0.29, 0.717) is 0 Å². The van der Waals surface area contributed by atoms with Crippen LogP contribution in [-0.4, -0.2) is 38.0 Å². The lowest BCUT2D eigenvalue weighted by atomic mass is 10.2. The predicted molar refractivity (Wildman–Crippen MR) is 98.2 cm³/mol. The van der Waals surface area contributed by atoms with Crippen LogP contribution in [0.15, 0.2) is 61.2 Å². The third-order valence-electron chi connectivity index (χ3n) is 3.14. The van der Waals surface area contributed by atoms with Crippen LogP contribution in [-0.2, 0) is 4.74 Å². The van der Waals surface area contributed by atoms with Crippen molar-refractivity contribution in [3.63, 3.8) is 0 Å². The number of carboxylic acids is 1. The molecule has 0 bridgehead atoms. The molecule has 28 heavy (non-hydrogen) atoms. The SMILES string of the molecule is Nc1ccc(C(=O)OC(=O)c2ccc(N)nc2)cn1.O=C(O)c1cccnc1. The maximum absolute atomic E-state index is 11.6. The second-order valence-electron chi connectivity index (χ2n) is 5.17. The van der Waals surface area contributed by atoms with Gasteiger partial charge in [-0.2, -0.15) is 0 Å². The summed E-state index contributed by atoms with van der Waals surface area (Å²) in [4.78, 5) is 44.5. The van der Waals surface area contributed by atoms with Crippen molar-refractivity contribution >= 4 is 29.5 Å². The molecule has 142 valence electrons. The number of hydrogen-bond donors (Lipinski definition) is 3. The standard InChI is InChI=1S/C12H10N4O3.C6H5NO2/c13-9-3-1-7(5-15-9)11(17)19-12(18)8-2-4-10(14)16-6-8;8-6(9)5-2-1-3-7-4-5/h1-6H,(H2,13,15)(H2,14,16);1-4H,(H,8,9). The van der Waals surface area contributed by atoms with Crippen LogP contribution in [0.3, 0.4) is 0 Å². The van der Waals surface area contributed by atoms with E-state index in [9.17, 15) is 14.4 Å². The lowest BCUT2D eigenvalue weighted by molar-refractivity contribution is 0.0396. The molecule has 0 fully saturated rings. The normalized spacial score (nSPS) is 9.57. The fraction of sp³-hybridized carbons (Fsp3) is 0. The minimum absolute atomic E-state index is 0.131. The average molecular weight is 381 g/mol. The van der Waals surface area contributed by atoms with Crippen LogP contribution in [0.2, 0.25) is 0 Å². The number of nitrogens with two attached hydrogens (primary N) is 2. The van der Waals surface area contributed by atoms with Crippen molar-refractivity contribution in [3.8, 4) is 0 Å². The Morgan fingerprint density at radius 2 is 1.32 bits per heavy atom. The van der Waals surface area contributed by atoms with Gasteiger partial charge in [0.15, 0.2) is 0 Å². The summed E-state index contributed by atoms with van der Waals surface area (Å²) in [6.45, 7) is 0. The molecular weight excluding hydrogens is 366 g/mol. The Labute approximate surface area is 158 Å². The molecule has 0 aromatic carbocycles. The predicted octanol–water partition coefficient (Wildman–Crippen LogP) is 1.42. The third kappa shape index (κ3) is 5.88. The molecule has 0 aliphatic carbocycles. The van der Waals surface area contributed by atoms with Crippen LogP contribution in [0.4, 0.5) is 11.6 Å². The number of anilines is 2. The average Bonchev–Trinajstić information content (AvgIpc) is 2.70. The zero-order valence-corrected chi connectivity index (χ0v) is 14.4. The summed E-state index contributed by atoms with van der Waals surface area (Å²) < 4.78 is 4.66. The molecule has 0 spiro atoms. The smallest absolute Gasteiger partial charge is 0.347 e. The number of carbonyl (C=O) groups is 3. The van der Waals surface area contributed by atoms with Crippen LogP contribution in [0.1, 0.15) is 31.1 Å². The largest absolute Gasteiger partial charge is 0.478 e. The minimum atomic E-state index is -0.942. The van der Waals surface area contributed by atoms with Gasteiger partial charge in [0.25, 0.3) is 0 Å². The van der Waals surface area contributed by atoms with E-state index in [-0.39, 0.29) is 28.3 Å². The first-order valence-corrected chi connectivity index (χ1v) is 7.69. The van der Waals surface area contributed by atoms with Crippen molar-refractivity contribution in [1.29, 1.82) is 0 Å². The van der Waals surface area contributed by atoms with E-state index in [1.165, 1.54) is 55.1 Å². The van der Waals surface area contributed by atoms with E-state index in [4.69, 9.17) is 16.6 Å². The molecule has 3 rings (SSSR count). The number of rotatable bonds is 3. The molecule has 0 amide bonds. The number of carboxylic acid groups (broad SMARTS) is 1. The van der Waals surface area contributed by atoms with Gasteiger partial charge >= 0.3 is 17.9 Å². The highest BCUT2D eigenvalue weighted by atomic mass is 16.6. The van der Waals surface area contributed by atoms with E-state index in [0.717, 1.165) is 0 Å². The fourth-order valence-electron chi connectivity index (χ4n) is 1.74. The number of hydrogen-bond acceptors (Lipinski definition) is 9. The topological polar surface area (TPSA) is 171 Å². The summed E-state index contributed by atoms with van der Waals surface area (Å²) in [5.41, 5.74) is 11.2. The molecule has 5 N–H and O–H groups in total. The van der Waals surface area contributed by atoms with Gasteiger partial charge in [-0.05, 0) is 36.4 Å². The van der Waals surface area contributed by atoms with Crippen molar-refractivity contribution in [2.45, 2.75) is 0 Å². The Balaban J connectivity index is 0.000000261. The van der Waals surface area contributed by atoms with E-state index in [2.05, 4.69) is 19.7 Å². The van der Waals surface area contributed by atoms with Gasteiger partial charge in [-0.1, -0.05) is 0 Å². The Bertz CT molecular complexity index is 904. The number of pyridine rings is 3. The van der Waals surface area contributed by atoms with Gasteiger partial charge in [-0.25, -0.2) is 24.4 Å². The molecule has 0 radical (unpaired) electrons. The van der Waals surface area contributed by atoms with Crippen LogP contribution in [0.25, 0.3) is 0 Å². The highest BCUT2D eigenvalue weighted by Crippen LogP contribution is 2.07. The highest BCUT2D eigenvalue weighted by molar-refractivity contribution is 6.02. The Kier molecular flexibility index (Phi) is 6.69. The van der Waals surface area contributed by atoms with Gasteiger partial charge in [0.2, 0.25) is 0 Å². The zero-order valence-electron chi connectivity index (χ0n) is 14.4. The maximum atomic E-state index is 11.6. The van der Waals surface area contributed by atoms with E-state index in [1.54, 1.807) is 6.07 Å². The van der Waals surface area contributed by atoms with Crippen molar-refractivity contribution in [2.75, 3.05) is 11.5 Å². The summed E-state index contributed by atoms with van der Waals surface area (Å²) in [5.74, 6) is -2.03. The Morgan fingerprint density at radius 3 is 1.64 bits per heavy atom. The number of nitrogens with zero attached hydrogens (tertiary/aromatic N) is 3. The first-order valence-electron chi connectivity index (χ1n) is 7.69. The molecule has 3 heterocycles. The van der Waals surface area contributed by atoms with E-state index < -0.39 is 17.9 Å². The summed E-state index contributed by atoms with van der Waals surface area (Å²) >= 11 is 0. The number of ether oxygens (including phenoxy) is 1. The molecule has 3 aromatic heterocycles. The summed E-state index contributed by atoms with van der Waals surface area (Å²) in [7, 11) is 0. The van der Waals surface area contributed by atoms with Gasteiger partial charge in [-0.15, -0.1) is 0 Å². The molecule has 0 saturated heterocycles. The first-order chi connectivity index (χ1) is 13.4. The summed E-state index contributed by atoms with van der Waals surface area (Å²) in [5, 5.41) is 8.34. The monoisotopic (exact) mass is 381 g/mol. The maximum Gasteiger partial charge on any atom is 0.347 e. The molecule has 0 aliphatic rings. The molecule has 0 atom stereocenters. The van der Waals surface area contributed by atoms with Gasteiger partial charge in [0, 0.05) is 24.8 Å². The lowest BCUT2D eigenvalue weighted by Gasteiger charge is -2.03. The van der Waals surface area contributed by atoms with Gasteiger partial charge in [0.05, 0.1) is 16.7 Å². The number of nitrogen functional groups attached to an aromatic ring is 2. The van der Waals surface area contributed by atoms with Crippen molar-refractivity contribution in [3.05, 3.63) is 77.9 Å². The van der Waals surface area contributed by atoms with Crippen molar-refractivity contribution in [1.82, 2.24) is 15.0 Å². The molecule has 10 nitrogen and oxygen atoms in total. The molecule has 0 unspecified atom stereocenters. The second-order valence-corrected chi connectivity index (χ2v) is 5.17. The first kappa shape index (κ1) is 20.0. The molecule has 3 aromatic rings. The fourth-order valence-corrected chi connectivity index (χ4v) is 1.74. The molecule has 0 saturated carbocycles. The Hall–Kier alpha value is -4.34. The van der Waals surface area contributed by atoms with E-state index >= 15 is 0 Å². The van der Waals surface area contributed by atoms with E-state index in [1.807, 2.05) is 0 Å². The molecule has 0 aliphatic heterocycles. The second kappa shape index (κ2) is 9.38. The number of carbonyl (C=O) groups excluding carboxylic acids is 2. The van der Waals surface area contributed by atoms with Gasteiger partial charge < -0.3 is 21.3 Å². The highest BCUT2D eigenvalue weighted by Gasteiger charge is 2.15. The third-order valence-corrected chi connectivity index (χ3v) is 3.14. The van der Waals surface area contributed by atoms with Crippen LogP contribution >= 0.6 is 0 Å². The number of aromatic carboxylic acids is 1. The van der Waals surface area contributed by atoms with Crippen molar-refractivity contribution in [2.24, 2.45) is 0 Å². The molecule has 10 heteroatoms. The minimum Gasteiger partial charge on any atom is -0.478 e. The summed E-state index contributed by atoms with van der Waals surface area (Å²) in [6.07, 6.45) is 5.30. The molecular formula is C18H15N5O5. The van der Waals surface area contributed by atoms with Gasteiger partial charge in [0.1, 0.15) is 11.6 Å².